The Hall–Kier alpha value is -0.660. The fraction of sp³-hybridized carbons (Fsp3) is 0.800. The summed E-state index contributed by atoms with van der Waals surface area (Å²) >= 11 is 0. The lowest BCUT2D eigenvalue weighted by Gasteiger charge is -2.09. The van der Waals surface area contributed by atoms with E-state index in [1.54, 1.807) is 0 Å². The number of carboxylic acids is 1. The SMILES string of the molecule is CC(CC(O)C(=O)O)S(=O)(=O)O. The lowest BCUT2D eigenvalue weighted by Crippen LogP contribution is -2.28. The van der Waals surface area contributed by atoms with Crippen LogP contribution in [-0.4, -0.2) is 40.5 Å². The lowest BCUT2D eigenvalue weighted by atomic mass is 10.2. The van der Waals surface area contributed by atoms with Crippen LogP contribution in [0.2, 0.25) is 0 Å². The minimum absolute atomic E-state index is 0.520. The first-order chi connectivity index (χ1) is 5.25. The summed E-state index contributed by atoms with van der Waals surface area (Å²) in [5, 5.41) is 15.6. The highest BCUT2D eigenvalue weighted by molar-refractivity contribution is 7.86. The Morgan fingerprint density at radius 2 is 1.92 bits per heavy atom. The molecule has 0 aliphatic rings. The normalized spacial score (nSPS) is 16.9. The van der Waals surface area contributed by atoms with Crippen molar-refractivity contribution >= 4 is 16.1 Å². The van der Waals surface area contributed by atoms with E-state index in [0.29, 0.717) is 0 Å². The quantitative estimate of drug-likeness (QED) is 0.504. The van der Waals surface area contributed by atoms with Crippen LogP contribution in [0.3, 0.4) is 0 Å². The molecule has 2 unspecified atom stereocenters. The molecule has 7 heteroatoms. The van der Waals surface area contributed by atoms with Gasteiger partial charge in [-0.25, -0.2) is 4.79 Å². The summed E-state index contributed by atoms with van der Waals surface area (Å²) in [6.45, 7) is 1.11. The second-order valence-electron chi connectivity index (χ2n) is 2.42. The van der Waals surface area contributed by atoms with Gasteiger partial charge in [-0.1, -0.05) is 0 Å². The van der Waals surface area contributed by atoms with E-state index in [4.69, 9.17) is 14.8 Å². The number of hydrogen-bond acceptors (Lipinski definition) is 4. The van der Waals surface area contributed by atoms with E-state index < -0.39 is 33.9 Å². The molecule has 0 aliphatic carbocycles. The number of carbonyl (C=O) groups is 1. The Labute approximate surface area is 69.6 Å². The van der Waals surface area contributed by atoms with Crippen molar-refractivity contribution < 1.29 is 28.0 Å². The Morgan fingerprint density at radius 3 is 2.17 bits per heavy atom. The Balaban J connectivity index is 4.20. The summed E-state index contributed by atoms with van der Waals surface area (Å²) < 4.78 is 29.1. The summed E-state index contributed by atoms with van der Waals surface area (Å²) in [6, 6.07) is 0. The lowest BCUT2D eigenvalue weighted by molar-refractivity contribution is -0.146. The van der Waals surface area contributed by atoms with E-state index in [9.17, 15) is 13.2 Å². The van der Waals surface area contributed by atoms with E-state index in [1.165, 1.54) is 0 Å². The zero-order valence-corrected chi connectivity index (χ0v) is 7.15. The summed E-state index contributed by atoms with van der Waals surface area (Å²) in [7, 11) is -4.25. The summed E-state index contributed by atoms with van der Waals surface area (Å²) in [5.74, 6) is -1.51. The third-order valence-corrected chi connectivity index (χ3v) is 2.56. The predicted molar refractivity (Wildman–Crippen MR) is 39.3 cm³/mol. The number of aliphatic hydroxyl groups is 1. The molecule has 72 valence electrons. The van der Waals surface area contributed by atoms with Crippen molar-refractivity contribution in [3.63, 3.8) is 0 Å². The molecule has 0 fully saturated rings. The predicted octanol–water partition coefficient (Wildman–Crippen LogP) is -0.902. The van der Waals surface area contributed by atoms with Gasteiger partial charge in [-0.3, -0.25) is 4.55 Å². The van der Waals surface area contributed by atoms with Crippen LogP contribution in [0.25, 0.3) is 0 Å². The van der Waals surface area contributed by atoms with Gasteiger partial charge < -0.3 is 10.2 Å². The number of aliphatic hydroxyl groups excluding tert-OH is 1. The van der Waals surface area contributed by atoms with Gasteiger partial charge in [-0.2, -0.15) is 8.42 Å². The van der Waals surface area contributed by atoms with E-state index in [0.717, 1.165) is 6.92 Å². The number of carboxylic acid groups (broad SMARTS) is 1. The van der Waals surface area contributed by atoms with Crippen LogP contribution in [0.5, 0.6) is 0 Å². The van der Waals surface area contributed by atoms with Crippen molar-refractivity contribution in [2.75, 3.05) is 0 Å². The molecular formula is C5H10O6S. The Kier molecular flexibility index (Phi) is 3.62. The molecular weight excluding hydrogens is 188 g/mol. The van der Waals surface area contributed by atoms with Gasteiger partial charge in [0.1, 0.15) is 0 Å². The first-order valence-electron chi connectivity index (χ1n) is 3.12. The van der Waals surface area contributed by atoms with E-state index >= 15 is 0 Å². The smallest absolute Gasteiger partial charge is 0.332 e. The summed E-state index contributed by atoms with van der Waals surface area (Å²) in [5.41, 5.74) is 0. The third-order valence-electron chi connectivity index (χ3n) is 1.35. The molecule has 0 aromatic carbocycles. The highest BCUT2D eigenvalue weighted by atomic mass is 32.2. The highest BCUT2D eigenvalue weighted by Crippen LogP contribution is 2.06. The molecule has 0 saturated carbocycles. The van der Waals surface area contributed by atoms with Crippen LogP contribution in [0.15, 0.2) is 0 Å². The minimum Gasteiger partial charge on any atom is -0.479 e. The third kappa shape index (κ3) is 3.65. The molecule has 0 bridgehead atoms. The fourth-order valence-electron chi connectivity index (χ4n) is 0.537. The standard InChI is InChI=1S/C5H10O6S/c1-3(12(9,10)11)2-4(6)5(7)8/h3-4,6H,2H2,1H3,(H,7,8)(H,9,10,11). The van der Waals surface area contributed by atoms with Crippen LogP contribution in [0.4, 0.5) is 0 Å². The van der Waals surface area contributed by atoms with Crippen molar-refractivity contribution in [2.24, 2.45) is 0 Å². The second-order valence-corrected chi connectivity index (χ2v) is 4.25. The summed E-state index contributed by atoms with van der Waals surface area (Å²) in [6.07, 6.45) is -2.28. The molecule has 0 spiro atoms. The highest BCUT2D eigenvalue weighted by Gasteiger charge is 2.24. The molecule has 6 nitrogen and oxygen atoms in total. The van der Waals surface area contributed by atoms with Crippen LogP contribution in [0.1, 0.15) is 13.3 Å². The zero-order valence-electron chi connectivity index (χ0n) is 6.34. The van der Waals surface area contributed by atoms with Crippen molar-refractivity contribution in [3.05, 3.63) is 0 Å². The topological polar surface area (TPSA) is 112 Å². The largest absolute Gasteiger partial charge is 0.479 e. The minimum atomic E-state index is -4.25. The van der Waals surface area contributed by atoms with Crippen LogP contribution in [0, 0.1) is 0 Å². The van der Waals surface area contributed by atoms with Gasteiger partial charge >= 0.3 is 5.97 Å². The van der Waals surface area contributed by atoms with Crippen LogP contribution in [-0.2, 0) is 14.9 Å². The average molecular weight is 198 g/mol. The van der Waals surface area contributed by atoms with Crippen LogP contribution >= 0.6 is 0 Å². The molecule has 0 aromatic heterocycles. The Bertz CT molecular complexity index is 255. The molecule has 2 atom stereocenters. The van der Waals surface area contributed by atoms with Gasteiger partial charge in [0.25, 0.3) is 10.1 Å². The molecule has 0 aliphatic heterocycles. The molecule has 0 amide bonds. The van der Waals surface area contributed by atoms with Gasteiger partial charge in [0.05, 0.1) is 5.25 Å². The molecule has 0 heterocycles. The van der Waals surface area contributed by atoms with Gasteiger partial charge in [-0.05, 0) is 6.92 Å². The molecule has 0 aromatic rings. The maximum Gasteiger partial charge on any atom is 0.332 e. The second kappa shape index (κ2) is 3.83. The molecule has 12 heavy (non-hydrogen) atoms. The maximum absolute atomic E-state index is 10.3. The van der Waals surface area contributed by atoms with Crippen molar-refractivity contribution in [3.8, 4) is 0 Å². The number of hydrogen-bond donors (Lipinski definition) is 3. The monoisotopic (exact) mass is 198 g/mol. The first kappa shape index (κ1) is 11.3. The molecule has 0 rings (SSSR count). The van der Waals surface area contributed by atoms with E-state index in [2.05, 4.69) is 0 Å². The summed E-state index contributed by atoms with van der Waals surface area (Å²) in [4.78, 5) is 10.0. The fourth-order valence-corrected chi connectivity index (χ4v) is 0.962. The van der Waals surface area contributed by atoms with Crippen molar-refractivity contribution in [1.82, 2.24) is 0 Å². The number of rotatable bonds is 4. The Morgan fingerprint density at radius 1 is 1.50 bits per heavy atom. The van der Waals surface area contributed by atoms with E-state index in [1.807, 2.05) is 0 Å². The van der Waals surface area contributed by atoms with Crippen molar-refractivity contribution in [2.45, 2.75) is 24.7 Å². The van der Waals surface area contributed by atoms with Gasteiger partial charge in [0.2, 0.25) is 0 Å². The van der Waals surface area contributed by atoms with Crippen molar-refractivity contribution in [1.29, 1.82) is 0 Å². The number of aliphatic carboxylic acids is 1. The first-order valence-corrected chi connectivity index (χ1v) is 4.62. The molecule has 3 N–H and O–H groups in total. The molecule has 0 saturated heterocycles. The van der Waals surface area contributed by atoms with E-state index in [-0.39, 0.29) is 0 Å². The van der Waals surface area contributed by atoms with Gasteiger partial charge in [-0.15, -0.1) is 0 Å². The molecule has 0 radical (unpaired) electrons. The van der Waals surface area contributed by atoms with Gasteiger partial charge in [0, 0.05) is 6.42 Å². The van der Waals surface area contributed by atoms with Crippen LogP contribution < -0.4 is 0 Å². The average Bonchev–Trinajstić information content (AvgIpc) is 1.85. The van der Waals surface area contributed by atoms with Gasteiger partial charge in [0.15, 0.2) is 6.10 Å². The zero-order chi connectivity index (χ0) is 9.94. The maximum atomic E-state index is 10.3.